The Balaban J connectivity index is 0.00000256. The van der Waals surface area contributed by atoms with Crippen LogP contribution >= 0.6 is 24.0 Å². The third-order valence-electron chi connectivity index (χ3n) is 1.99. The standard InChI is InChI=1S/C10H8ClF3N2.ClH/c11-8-4-6(9(16)1-2-15)3-7(5-8)10(12,13)14;/h3-5,9H,1,16H2;1H/t9-;/m0./s1. The van der Waals surface area contributed by atoms with Crippen molar-refractivity contribution in [1.29, 1.82) is 5.26 Å². The minimum Gasteiger partial charge on any atom is -0.323 e. The van der Waals surface area contributed by atoms with Crippen LogP contribution < -0.4 is 5.73 Å². The van der Waals surface area contributed by atoms with Gasteiger partial charge in [-0.2, -0.15) is 18.4 Å². The fraction of sp³-hybridized carbons (Fsp3) is 0.300. The van der Waals surface area contributed by atoms with Gasteiger partial charge in [-0.1, -0.05) is 11.6 Å². The van der Waals surface area contributed by atoms with Crippen LogP contribution in [-0.4, -0.2) is 0 Å². The van der Waals surface area contributed by atoms with Crippen LogP contribution in [0.2, 0.25) is 5.02 Å². The number of nitriles is 1. The minimum atomic E-state index is -4.47. The summed E-state index contributed by atoms with van der Waals surface area (Å²) in [7, 11) is 0. The van der Waals surface area contributed by atoms with Crippen molar-refractivity contribution in [1.82, 2.24) is 0 Å². The summed E-state index contributed by atoms with van der Waals surface area (Å²) in [6, 6.07) is 4.10. The number of hydrogen-bond acceptors (Lipinski definition) is 2. The first-order valence-corrected chi connectivity index (χ1v) is 4.72. The van der Waals surface area contributed by atoms with E-state index in [0.29, 0.717) is 0 Å². The van der Waals surface area contributed by atoms with E-state index in [4.69, 9.17) is 22.6 Å². The Morgan fingerprint density at radius 3 is 2.41 bits per heavy atom. The zero-order valence-corrected chi connectivity index (χ0v) is 10.0. The molecule has 0 spiro atoms. The molecule has 0 radical (unpaired) electrons. The van der Waals surface area contributed by atoms with Crippen LogP contribution in [0, 0.1) is 11.3 Å². The second-order valence-electron chi connectivity index (χ2n) is 3.24. The van der Waals surface area contributed by atoms with Crippen molar-refractivity contribution >= 4 is 24.0 Å². The molecule has 0 aromatic heterocycles. The van der Waals surface area contributed by atoms with Crippen LogP contribution in [0.25, 0.3) is 0 Å². The lowest BCUT2D eigenvalue weighted by molar-refractivity contribution is -0.137. The Hall–Kier alpha value is -0.960. The third kappa shape index (κ3) is 4.43. The number of benzene rings is 1. The number of nitrogens with zero attached hydrogens (tertiary/aromatic N) is 1. The zero-order valence-electron chi connectivity index (χ0n) is 8.46. The van der Waals surface area contributed by atoms with Gasteiger partial charge in [0.15, 0.2) is 0 Å². The molecule has 2 N–H and O–H groups in total. The molecule has 17 heavy (non-hydrogen) atoms. The van der Waals surface area contributed by atoms with Crippen molar-refractivity contribution in [2.75, 3.05) is 0 Å². The van der Waals surface area contributed by atoms with E-state index in [1.807, 2.05) is 0 Å². The van der Waals surface area contributed by atoms with Crippen LogP contribution in [0.1, 0.15) is 23.6 Å². The van der Waals surface area contributed by atoms with Crippen molar-refractivity contribution in [2.24, 2.45) is 5.73 Å². The first kappa shape index (κ1) is 16.0. The molecular weight excluding hydrogens is 276 g/mol. The number of halogens is 5. The normalized spacial score (nSPS) is 12.5. The molecule has 1 atom stereocenters. The van der Waals surface area contributed by atoms with Gasteiger partial charge in [0.1, 0.15) is 0 Å². The van der Waals surface area contributed by atoms with Gasteiger partial charge in [0.05, 0.1) is 18.1 Å². The summed E-state index contributed by atoms with van der Waals surface area (Å²) >= 11 is 5.56. The Morgan fingerprint density at radius 2 is 1.94 bits per heavy atom. The summed E-state index contributed by atoms with van der Waals surface area (Å²) < 4.78 is 37.3. The molecule has 1 aromatic rings. The van der Waals surface area contributed by atoms with Crippen LogP contribution in [0.5, 0.6) is 0 Å². The maximum absolute atomic E-state index is 12.4. The van der Waals surface area contributed by atoms with E-state index in [0.717, 1.165) is 12.1 Å². The zero-order chi connectivity index (χ0) is 12.3. The number of nitrogens with two attached hydrogens (primary N) is 1. The van der Waals surface area contributed by atoms with Crippen molar-refractivity contribution in [3.63, 3.8) is 0 Å². The Morgan fingerprint density at radius 1 is 1.35 bits per heavy atom. The largest absolute Gasteiger partial charge is 0.416 e. The predicted octanol–water partition coefficient (Wildman–Crippen LogP) is 3.69. The smallest absolute Gasteiger partial charge is 0.323 e. The number of rotatable bonds is 2. The minimum absolute atomic E-state index is 0. The second-order valence-corrected chi connectivity index (χ2v) is 3.68. The molecule has 7 heteroatoms. The molecule has 0 bridgehead atoms. The molecule has 0 aliphatic carbocycles. The molecule has 94 valence electrons. The Bertz CT molecular complexity index is 427. The molecule has 0 aliphatic rings. The molecule has 0 unspecified atom stereocenters. The van der Waals surface area contributed by atoms with E-state index < -0.39 is 17.8 Å². The summed E-state index contributed by atoms with van der Waals surface area (Å²) in [5.74, 6) is 0. The Labute approximate surface area is 108 Å². The van der Waals surface area contributed by atoms with Gasteiger partial charge in [-0.25, -0.2) is 0 Å². The van der Waals surface area contributed by atoms with Gasteiger partial charge in [0, 0.05) is 11.1 Å². The van der Waals surface area contributed by atoms with Crippen LogP contribution in [0.4, 0.5) is 13.2 Å². The fourth-order valence-electron chi connectivity index (χ4n) is 1.21. The third-order valence-corrected chi connectivity index (χ3v) is 2.21. The highest BCUT2D eigenvalue weighted by atomic mass is 35.5. The second kappa shape index (κ2) is 6.10. The molecule has 1 aromatic carbocycles. The van der Waals surface area contributed by atoms with E-state index in [-0.39, 0.29) is 29.4 Å². The molecule has 0 heterocycles. The molecule has 0 fully saturated rings. The number of alkyl halides is 3. The summed E-state index contributed by atoms with van der Waals surface area (Å²) in [5, 5.41) is 8.37. The van der Waals surface area contributed by atoms with Gasteiger partial charge < -0.3 is 5.73 Å². The number of hydrogen-bond donors (Lipinski definition) is 1. The van der Waals surface area contributed by atoms with Crippen LogP contribution in [0.15, 0.2) is 18.2 Å². The molecule has 0 aliphatic heterocycles. The van der Waals surface area contributed by atoms with E-state index in [1.165, 1.54) is 6.07 Å². The SMILES string of the molecule is Cl.N#CC[C@H](N)c1cc(Cl)cc(C(F)(F)F)c1. The molecule has 0 saturated carbocycles. The molecule has 0 amide bonds. The lowest BCUT2D eigenvalue weighted by Gasteiger charge is -2.12. The first-order chi connectivity index (χ1) is 7.34. The van der Waals surface area contributed by atoms with Gasteiger partial charge in [-0.05, 0) is 23.8 Å². The van der Waals surface area contributed by atoms with Crippen LogP contribution in [-0.2, 0) is 6.18 Å². The topological polar surface area (TPSA) is 49.8 Å². The van der Waals surface area contributed by atoms with Gasteiger partial charge in [-0.3, -0.25) is 0 Å². The first-order valence-electron chi connectivity index (χ1n) is 4.35. The van der Waals surface area contributed by atoms with Gasteiger partial charge >= 0.3 is 6.18 Å². The van der Waals surface area contributed by atoms with E-state index in [1.54, 1.807) is 6.07 Å². The summed E-state index contributed by atoms with van der Waals surface area (Å²) in [6.45, 7) is 0. The Kier molecular flexibility index (Phi) is 5.76. The maximum atomic E-state index is 12.4. The van der Waals surface area contributed by atoms with E-state index in [2.05, 4.69) is 0 Å². The summed E-state index contributed by atoms with van der Waals surface area (Å²) in [4.78, 5) is 0. The summed E-state index contributed by atoms with van der Waals surface area (Å²) in [5.41, 5.74) is 4.89. The van der Waals surface area contributed by atoms with Crippen molar-refractivity contribution in [3.8, 4) is 6.07 Å². The van der Waals surface area contributed by atoms with Crippen molar-refractivity contribution in [2.45, 2.75) is 18.6 Å². The lowest BCUT2D eigenvalue weighted by Crippen LogP contribution is -2.12. The monoisotopic (exact) mass is 284 g/mol. The highest BCUT2D eigenvalue weighted by Gasteiger charge is 2.31. The molecular formula is C10H9Cl2F3N2. The fourth-order valence-corrected chi connectivity index (χ4v) is 1.45. The molecule has 1 rings (SSSR count). The lowest BCUT2D eigenvalue weighted by atomic mass is 10.0. The van der Waals surface area contributed by atoms with Crippen LogP contribution in [0.3, 0.4) is 0 Å². The van der Waals surface area contributed by atoms with E-state index >= 15 is 0 Å². The average molecular weight is 285 g/mol. The molecule has 2 nitrogen and oxygen atoms in total. The van der Waals surface area contributed by atoms with Gasteiger partial charge in [-0.15, -0.1) is 12.4 Å². The quantitative estimate of drug-likeness (QED) is 0.900. The maximum Gasteiger partial charge on any atom is 0.416 e. The predicted molar refractivity (Wildman–Crippen MR) is 60.9 cm³/mol. The van der Waals surface area contributed by atoms with Crippen molar-refractivity contribution in [3.05, 3.63) is 34.3 Å². The van der Waals surface area contributed by atoms with Gasteiger partial charge in [0.25, 0.3) is 0 Å². The highest BCUT2D eigenvalue weighted by molar-refractivity contribution is 6.30. The van der Waals surface area contributed by atoms with E-state index in [9.17, 15) is 13.2 Å². The highest BCUT2D eigenvalue weighted by Crippen LogP contribution is 2.33. The van der Waals surface area contributed by atoms with Crippen molar-refractivity contribution < 1.29 is 13.2 Å². The average Bonchev–Trinajstić information content (AvgIpc) is 2.16. The molecule has 0 saturated heterocycles. The summed E-state index contributed by atoms with van der Waals surface area (Å²) in [6.07, 6.45) is -4.52. The van der Waals surface area contributed by atoms with Gasteiger partial charge in [0.2, 0.25) is 0 Å².